The zero-order valence-electron chi connectivity index (χ0n) is 6.74. The normalized spacial score (nSPS) is 10.9. The van der Waals surface area contributed by atoms with Gasteiger partial charge in [-0.1, -0.05) is 12.1 Å². The molecule has 0 aliphatic heterocycles. The minimum Gasteiger partial charge on any atom is -0.298 e. The van der Waals surface area contributed by atoms with Gasteiger partial charge >= 0.3 is 0 Å². The van der Waals surface area contributed by atoms with Crippen molar-refractivity contribution in [2.24, 2.45) is 0 Å². The lowest BCUT2D eigenvalue weighted by atomic mass is 10.2. The third kappa shape index (κ3) is 2.09. The molecule has 0 radical (unpaired) electrons. The third-order valence-corrected chi connectivity index (χ3v) is 2.88. The fourth-order valence-electron chi connectivity index (χ4n) is 0.851. The Labute approximate surface area is 69.8 Å². The minimum absolute atomic E-state index is 0.0289. The van der Waals surface area contributed by atoms with E-state index in [2.05, 4.69) is 12.5 Å². The van der Waals surface area contributed by atoms with Crippen LogP contribution in [-0.2, 0) is 0 Å². The summed E-state index contributed by atoms with van der Waals surface area (Å²) in [5.74, 6) is 0. The fourth-order valence-corrected chi connectivity index (χ4v) is 1.60. The lowest BCUT2D eigenvalue weighted by Crippen LogP contribution is -1.81. The van der Waals surface area contributed by atoms with Gasteiger partial charge in [0.25, 0.3) is 0 Å². The lowest BCUT2D eigenvalue weighted by molar-refractivity contribution is 0.112. The van der Waals surface area contributed by atoms with Crippen LogP contribution in [0.5, 0.6) is 0 Å². The third-order valence-electron chi connectivity index (χ3n) is 1.55. The molecule has 0 saturated heterocycles. The lowest BCUT2D eigenvalue weighted by Gasteiger charge is -2.08. The first-order valence-electron chi connectivity index (χ1n) is 3.46. The highest BCUT2D eigenvalue weighted by Gasteiger charge is 1.93. The number of aldehydes is 1. The summed E-state index contributed by atoms with van der Waals surface area (Å²) in [6.07, 6.45) is 5.27. The Morgan fingerprint density at radius 3 is 2.09 bits per heavy atom. The number of carbonyl (C=O) groups is 1. The van der Waals surface area contributed by atoms with Gasteiger partial charge in [0.2, 0.25) is 0 Å². The molecule has 0 spiro atoms. The number of hydrogen-bond donors (Lipinski definition) is 1. The van der Waals surface area contributed by atoms with Crippen molar-refractivity contribution >= 4 is 17.2 Å². The Kier molecular flexibility index (Phi) is 2.71. The molecule has 0 N–H and O–H groups in total. The van der Waals surface area contributed by atoms with Crippen LogP contribution in [-0.4, -0.2) is 18.8 Å². The molecule has 11 heavy (non-hydrogen) atoms. The maximum atomic E-state index is 10.3. The van der Waals surface area contributed by atoms with Crippen molar-refractivity contribution in [1.29, 1.82) is 0 Å². The molecule has 0 aliphatic rings. The van der Waals surface area contributed by atoms with Gasteiger partial charge in [-0.2, -0.15) is 0 Å². The van der Waals surface area contributed by atoms with Crippen LogP contribution in [0.25, 0.3) is 0 Å². The van der Waals surface area contributed by atoms with E-state index in [1.807, 2.05) is 24.3 Å². The topological polar surface area (TPSA) is 17.1 Å². The van der Waals surface area contributed by atoms with Gasteiger partial charge in [-0.15, -0.1) is 0 Å². The monoisotopic (exact) mass is 168 g/mol. The van der Waals surface area contributed by atoms with E-state index in [4.69, 9.17) is 0 Å². The average molecular weight is 168 g/mol. The summed E-state index contributed by atoms with van der Waals surface area (Å²) in [6, 6.07) is 7.78. The van der Waals surface area contributed by atoms with Crippen molar-refractivity contribution < 1.29 is 4.79 Å². The molecule has 60 valence electrons. The Hall–Kier alpha value is -0.760. The number of rotatable bonds is 2. The second-order valence-corrected chi connectivity index (χ2v) is 4.91. The van der Waals surface area contributed by atoms with Crippen LogP contribution in [0.2, 0.25) is 0 Å². The maximum Gasteiger partial charge on any atom is 0.150 e. The number of carbonyl (C=O) groups excluding carboxylic acids is 1. The molecule has 1 nitrogen and oxygen atoms in total. The Balaban J connectivity index is 2.91. The van der Waals surface area contributed by atoms with Gasteiger partial charge in [0.05, 0.1) is 0 Å². The Morgan fingerprint density at radius 1 is 1.18 bits per heavy atom. The quantitative estimate of drug-likeness (QED) is 0.528. The second-order valence-electron chi connectivity index (χ2n) is 2.60. The molecule has 0 atom stereocenters. The van der Waals surface area contributed by atoms with E-state index < -0.39 is 0 Å². The molecule has 0 heterocycles. The molecule has 0 aliphatic carbocycles. The summed E-state index contributed by atoms with van der Waals surface area (Å²) in [4.78, 5) is 11.6. The van der Waals surface area contributed by atoms with Gasteiger partial charge in [0.1, 0.15) is 6.29 Å². The molecule has 1 aromatic rings. The van der Waals surface area contributed by atoms with Crippen LogP contribution < -0.4 is 0 Å². The van der Waals surface area contributed by atoms with E-state index >= 15 is 0 Å². The maximum absolute atomic E-state index is 10.3. The summed E-state index contributed by atoms with van der Waals surface area (Å²) < 4.78 is 0. The molecule has 0 unspecified atom stereocenters. The molecule has 0 fully saturated rings. The first kappa shape index (κ1) is 8.34. The van der Waals surface area contributed by atoms with E-state index in [0.29, 0.717) is 0 Å². The molecule has 2 heteroatoms. The minimum atomic E-state index is -0.0289. The fraction of sp³-hybridized carbons (Fsp3) is 0.222. The first-order valence-corrected chi connectivity index (χ1v) is 5.70. The van der Waals surface area contributed by atoms with Gasteiger partial charge in [0.15, 0.2) is 0 Å². The van der Waals surface area contributed by atoms with Crippen LogP contribution in [0.4, 0.5) is 0 Å². The van der Waals surface area contributed by atoms with Crippen molar-refractivity contribution in [3.05, 3.63) is 29.8 Å². The molecule has 0 aromatic heterocycles. The van der Waals surface area contributed by atoms with Crippen LogP contribution >= 0.6 is 10.9 Å². The van der Waals surface area contributed by atoms with Crippen molar-refractivity contribution in [3.8, 4) is 0 Å². The van der Waals surface area contributed by atoms with E-state index in [0.717, 1.165) is 11.8 Å². The molecule has 1 aromatic carbocycles. The van der Waals surface area contributed by atoms with Gasteiger partial charge in [-0.05, 0) is 29.5 Å². The zero-order valence-corrected chi connectivity index (χ0v) is 7.64. The van der Waals surface area contributed by atoms with Crippen molar-refractivity contribution in [2.75, 3.05) is 12.5 Å². The summed E-state index contributed by atoms with van der Waals surface area (Å²) in [5.41, 5.74) is 0.755. The number of hydrogen-bond acceptors (Lipinski definition) is 1. The van der Waals surface area contributed by atoms with Crippen molar-refractivity contribution in [2.45, 2.75) is 4.90 Å². The van der Waals surface area contributed by atoms with Crippen LogP contribution in [0.3, 0.4) is 0 Å². The zero-order chi connectivity index (χ0) is 8.27. The Bertz CT molecular complexity index is 238. The van der Waals surface area contributed by atoms with E-state index in [-0.39, 0.29) is 10.9 Å². The Morgan fingerprint density at radius 2 is 1.73 bits per heavy atom. The van der Waals surface area contributed by atoms with Gasteiger partial charge in [-0.3, -0.25) is 4.79 Å². The predicted octanol–water partition coefficient (Wildman–Crippen LogP) is 2.12. The smallest absolute Gasteiger partial charge is 0.150 e. The van der Waals surface area contributed by atoms with Crippen LogP contribution in [0.1, 0.15) is 10.4 Å². The summed E-state index contributed by atoms with van der Waals surface area (Å²) in [6.45, 7) is 0. The van der Waals surface area contributed by atoms with Crippen LogP contribution in [0, 0.1) is 0 Å². The number of benzene rings is 1. The average Bonchev–Trinajstić information content (AvgIpc) is 2.05. The van der Waals surface area contributed by atoms with Gasteiger partial charge in [-0.25, -0.2) is 10.9 Å². The van der Waals surface area contributed by atoms with Crippen molar-refractivity contribution in [3.63, 3.8) is 0 Å². The highest BCUT2D eigenvalue weighted by molar-refractivity contribution is 8.15. The molecular weight excluding hydrogens is 156 g/mol. The van der Waals surface area contributed by atoms with Gasteiger partial charge in [0, 0.05) is 5.56 Å². The second kappa shape index (κ2) is 3.58. The van der Waals surface area contributed by atoms with Crippen molar-refractivity contribution in [1.82, 2.24) is 0 Å². The van der Waals surface area contributed by atoms with E-state index in [1.54, 1.807) is 0 Å². The molecule has 1 rings (SSSR count). The molecule has 0 bridgehead atoms. The summed E-state index contributed by atoms with van der Waals surface area (Å²) in [5, 5.41) is 0. The first-order chi connectivity index (χ1) is 5.24. The standard InChI is InChI=1S/C9H12OS/c1-11(2)9-5-3-8(7-10)4-6-9/h3-7,11H,1-2H3. The number of thiol groups is 1. The SMILES string of the molecule is C[SH](C)c1ccc(C=O)cc1. The highest BCUT2D eigenvalue weighted by Crippen LogP contribution is 2.27. The molecular formula is C9H12OS. The highest BCUT2D eigenvalue weighted by atomic mass is 32.2. The summed E-state index contributed by atoms with van der Waals surface area (Å²) in [7, 11) is -0.0289. The predicted molar refractivity (Wildman–Crippen MR) is 50.9 cm³/mol. The summed E-state index contributed by atoms with van der Waals surface area (Å²) >= 11 is 0. The van der Waals surface area contributed by atoms with Crippen LogP contribution in [0.15, 0.2) is 29.2 Å². The van der Waals surface area contributed by atoms with Gasteiger partial charge < -0.3 is 0 Å². The molecule has 0 saturated carbocycles. The van der Waals surface area contributed by atoms with E-state index in [9.17, 15) is 4.79 Å². The van der Waals surface area contributed by atoms with E-state index in [1.165, 1.54) is 4.90 Å². The largest absolute Gasteiger partial charge is 0.298 e. The molecule has 0 amide bonds.